The molecule has 51 heavy (non-hydrogen) atoms. The number of aromatic nitrogens is 1. The third-order valence-electron chi connectivity index (χ3n) is 10.6. The minimum Gasteiger partial charge on any atom is -0.309 e. The van der Waals surface area contributed by atoms with Gasteiger partial charge in [0.1, 0.15) is 5.82 Å². The summed E-state index contributed by atoms with van der Waals surface area (Å²) in [6, 6.07) is 54.4. The Balaban J connectivity index is 1.08. The molecule has 0 radical (unpaired) electrons. The molecule has 0 saturated heterocycles. The first-order valence-corrected chi connectivity index (χ1v) is 17.6. The fourth-order valence-corrected chi connectivity index (χ4v) is 8.09. The van der Waals surface area contributed by atoms with Crippen LogP contribution in [0.1, 0.15) is 41.7 Å². The first kappa shape index (κ1) is 30.8. The first-order valence-electron chi connectivity index (χ1n) is 17.6. The van der Waals surface area contributed by atoms with Crippen molar-refractivity contribution in [2.24, 2.45) is 0 Å². The maximum Gasteiger partial charge on any atom is 0.147 e. The molecule has 8 aromatic rings. The molecule has 0 aliphatic heterocycles. The van der Waals surface area contributed by atoms with Crippen LogP contribution in [0.2, 0.25) is 0 Å². The van der Waals surface area contributed by atoms with Gasteiger partial charge in [-0.05, 0) is 94.4 Å². The van der Waals surface area contributed by atoms with Gasteiger partial charge in [-0.25, -0.2) is 4.39 Å². The second-order valence-corrected chi connectivity index (χ2v) is 14.0. The molecule has 7 aromatic carbocycles. The minimum absolute atomic E-state index is 0.206. The molecule has 1 aromatic heterocycles. The summed E-state index contributed by atoms with van der Waals surface area (Å²) >= 11 is 0. The predicted octanol–water partition coefficient (Wildman–Crippen LogP) is 13.2. The van der Waals surface area contributed by atoms with Gasteiger partial charge in [-0.2, -0.15) is 0 Å². The Morgan fingerprint density at radius 3 is 2.02 bits per heavy atom. The van der Waals surface area contributed by atoms with Crippen LogP contribution in [-0.4, -0.2) is 4.57 Å². The lowest BCUT2D eigenvalue weighted by molar-refractivity contribution is 0.629. The number of halogens is 1. The van der Waals surface area contributed by atoms with E-state index in [9.17, 15) is 0 Å². The lowest BCUT2D eigenvalue weighted by atomic mass is 9.81. The Hall–Kier alpha value is -6.19. The number of hydrogen-bond donors (Lipinski definition) is 0. The smallest absolute Gasteiger partial charge is 0.147 e. The molecule has 1 heterocycles. The van der Waals surface area contributed by atoms with Crippen molar-refractivity contribution in [1.29, 1.82) is 0 Å². The number of nitrogens with zero attached hydrogens (tertiary/aromatic N) is 2. The summed E-state index contributed by atoms with van der Waals surface area (Å²) < 4.78 is 17.6. The van der Waals surface area contributed by atoms with Gasteiger partial charge in [-0.15, -0.1) is 0 Å². The lowest BCUT2D eigenvalue weighted by Crippen LogP contribution is -2.16. The molecule has 0 atom stereocenters. The van der Waals surface area contributed by atoms with E-state index in [4.69, 9.17) is 0 Å². The number of benzene rings is 7. The Labute approximate surface area is 298 Å². The Kier molecular flexibility index (Phi) is 7.25. The summed E-state index contributed by atoms with van der Waals surface area (Å²) in [7, 11) is 0. The summed E-state index contributed by atoms with van der Waals surface area (Å²) in [6.07, 6.45) is 4.36. The average molecular weight is 661 g/mol. The number of para-hydroxylation sites is 4. The standard InChI is InChI=1S/C48H37FN2/c1-32-13-7-10-18-43(32)50(45-20-12-9-17-42(45)49)36-26-23-33(24-27-36)21-22-34-25-28-37-39-29-30-40-38-16-8-11-19-44(38)51(35-14-5-4-6-15-35)47(40)46(39)48(2,3)41(37)31-34/h4-31H,1-3H3/b22-21+. The van der Waals surface area contributed by atoms with Crippen LogP contribution in [0, 0.1) is 12.7 Å². The van der Waals surface area contributed by atoms with Gasteiger partial charge in [0.2, 0.25) is 0 Å². The second kappa shape index (κ2) is 12.0. The fourth-order valence-electron chi connectivity index (χ4n) is 8.09. The summed E-state index contributed by atoms with van der Waals surface area (Å²) in [6.45, 7) is 6.79. The molecule has 1 aliphatic rings. The molecule has 9 rings (SSSR count). The average Bonchev–Trinajstić information content (AvgIpc) is 3.61. The normalized spacial score (nSPS) is 13.2. The van der Waals surface area contributed by atoms with E-state index in [-0.39, 0.29) is 11.2 Å². The van der Waals surface area contributed by atoms with Crippen LogP contribution < -0.4 is 4.90 Å². The van der Waals surface area contributed by atoms with Crippen molar-refractivity contribution >= 4 is 51.0 Å². The van der Waals surface area contributed by atoms with Crippen molar-refractivity contribution in [3.63, 3.8) is 0 Å². The highest BCUT2D eigenvalue weighted by molar-refractivity contribution is 6.13. The summed E-state index contributed by atoms with van der Waals surface area (Å²) in [5.41, 5.74) is 14.5. The number of fused-ring (bicyclic) bond motifs is 7. The third kappa shape index (κ3) is 5.00. The molecule has 0 spiro atoms. The van der Waals surface area contributed by atoms with E-state index in [1.807, 2.05) is 35.2 Å². The van der Waals surface area contributed by atoms with Gasteiger partial charge >= 0.3 is 0 Å². The van der Waals surface area contributed by atoms with Gasteiger partial charge in [0.15, 0.2) is 0 Å². The minimum atomic E-state index is -0.256. The zero-order chi connectivity index (χ0) is 34.7. The zero-order valence-electron chi connectivity index (χ0n) is 28.9. The first-order chi connectivity index (χ1) is 24.9. The monoisotopic (exact) mass is 660 g/mol. The highest BCUT2D eigenvalue weighted by Gasteiger charge is 2.38. The van der Waals surface area contributed by atoms with Gasteiger partial charge in [0.25, 0.3) is 0 Å². The number of rotatable bonds is 6. The van der Waals surface area contributed by atoms with Crippen LogP contribution in [0.4, 0.5) is 21.5 Å². The van der Waals surface area contributed by atoms with Crippen LogP contribution in [0.25, 0.3) is 50.8 Å². The Bertz CT molecular complexity index is 2580. The summed E-state index contributed by atoms with van der Waals surface area (Å²) in [5.74, 6) is -0.256. The van der Waals surface area contributed by atoms with E-state index in [2.05, 4.69) is 153 Å². The molecule has 0 amide bonds. The van der Waals surface area contributed by atoms with Crippen molar-refractivity contribution in [1.82, 2.24) is 4.57 Å². The van der Waals surface area contributed by atoms with E-state index in [1.54, 1.807) is 6.07 Å². The zero-order valence-corrected chi connectivity index (χ0v) is 28.9. The molecule has 0 saturated carbocycles. The molecule has 0 bridgehead atoms. The number of aryl methyl sites for hydroxylation is 1. The van der Waals surface area contributed by atoms with Crippen molar-refractivity contribution in [3.8, 4) is 16.8 Å². The van der Waals surface area contributed by atoms with E-state index in [0.29, 0.717) is 5.69 Å². The van der Waals surface area contributed by atoms with E-state index in [1.165, 1.54) is 55.8 Å². The quantitative estimate of drug-likeness (QED) is 0.161. The van der Waals surface area contributed by atoms with Gasteiger partial charge in [-0.3, -0.25) is 0 Å². The van der Waals surface area contributed by atoms with Gasteiger partial charge < -0.3 is 9.47 Å². The van der Waals surface area contributed by atoms with Crippen LogP contribution in [0.5, 0.6) is 0 Å². The number of anilines is 3. The van der Waals surface area contributed by atoms with Gasteiger partial charge in [-0.1, -0.05) is 135 Å². The third-order valence-corrected chi connectivity index (χ3v) is 10.6. The van der Waals surface area contributed by atoms with Crippen molar-refractivity contribution in [3.05, 3.63) is 191 Å². The molecule has 246 valence electrons. The summed E-state index contributed by atoms with van der Waals surface area (Å²) in [5, 5.41) is 2.56. The van der Waals surface area contributed by atoms with Crippen LogP contribution in [-0.2, 0) is 5.41 Å². The lowest BCUT2D eigenvalue weighted by Gasteiger charge is -2.27. The maximum absolute atomic E-state index is 15.1. The Morgan fingerprint density at radius 2 is 1.24 bits per heavy atom. The molecular weight excluding hydrogens is 624 g/mol. The van der Waals surface area contributed by atoms with Crippen LogP contribution in [0.15, 0.2) is 158 Å². The second-order valence-electron chi connectivity index (χ2n) is 14.0. The largest absolute Gasteiger partial charge is 0.309 e. The molecule has 0 N–H and O–H groups in total. The summed E-state index contributed by atoms with van der Waals surface area (Å²) in [4.78, 5) is 1.99. The van der Waals surface area contributed by atoms with Crippen molar-refractivity contribution in [2.75, 3.05) is 4.90 Å². The molecule has 3 heteroatoms. The van der Waals surface area contributed by atoms with Crippen molar-refractivity contribution < 1.29 is 4.39 Å². The van der Waals surface area contributed by atoms with Gasteiger partial charge in [0.05, 0.1) is 16.7 Å². The van der Waals surface area contributed by atoms with Crippen molar-refractivity contribution in [2.45, 2.75) is 26.2 Å². The van der Waals surface area contributed by atoms with E-state index >= 15 is 4.39 Å². The topological polar surface area (TPSA) is 8.17 Å². The molecule has 0 fully saturated rings. The maximum atomic E-state index is 15.1. The highest BCUT2D eigenvalue weighted by atomic mass is 19.1. The SMILES string of the molecule is Cc1ccccc1N(c1ccc(/C=C/c2ccc3c(c2)C(C)(C)c2c-3ccc3c4ccccc4n(-c4ccccc4)c23)cc1)c1ccccc1F. The van der Waals surface area contributed by atoms with Crippen LogP contribution >= 0.6 is 0 Å². The van der Waals surface area contributed by atoms with Gasteiger partial charge in [0, 0.05) is 33.2 Å². The number of hydrogen-bond acceptors (Lipinski definition) is 1. The van der Waals surface area contributed by atoms with Crippen LogP contribution in [0.3, 0.4) is 0 Å². The molecule has 0 unspecified atom stereocenters. The Morgan fingerprint density at radius 1 is 0.588 bits per heavy atom. The molecular formula is C48H37FN2. The van der Waals surface area contributed by atoms with E-state index in [0.717, 1.165) is 28.1 Å². The highest BCUT2D eigenvalue weighted by Crippen LogP contribution is 2.53. The molecule has 1 aliphatic carbocycles. The van der Waals surface area contributed by atoms with E-state index < -0.39 is 0 Å². The predicted molar refractivity (Wildman–Crippen MR) is 213 cm³/mol. The molecule has 2 nitrogen and oxygen atoms in total. The fraction of sp³-hybridized carbons (Fsp3) is 0.0833.